The molecule has 0 amide bonds. The van der Waals surface area contributed by atoms with E-state index in [1.54, 1.807) is 12.1 Å². The maximum absolute atomic E-state index is 11.1. The second-order valence-corrected chi connectivity index (χ2v) is 7.08. The second-order valence-electron chi connectivity index (χ2n) is 7.08. The van der Waals surface area contributed by atoms with Gasteiger partial charge in [-0.05, 0) is 37.0 Å². The lowest BCUT2D eigenvalue weighted by molar-refractivity contribution is 0.0697. The fourth-order valence-electron chi connectivity index (χ4n) is 3.67. The Bertz CT molecular complexity index is 672. The van der Waals surface area contributed by atoms with Gasteiger partial charge < -0.3 is 10.1 Å². The molecule has 1 aromatic heterocycles. The number of aromatic carboxylic acids is 1. The molecule has 138 valence electrons. The number of nitrogens with one attached hydrogen (secondary N) is 1. The van der Waals surface area contributed by atoms with Gasteiger partial charge in [0, 0.05) is 16.6 Å². The van der Waals surface area contributed by atoms with Crippen LogP contribution < -0.4 is 0 Å². The maximum atomic E-state index is 11.1. The topological polar surface area (TPSA) is 53.1 Å². The summed E-state index contributed by atoms with van der Waals surface area (Å²) >= 11 is 0. The largest absolute Gasteiger partial charge is 0.478 e. The number of carbonyl (C=O) groups is 1. The highest BCUT2D eigenvalue weighted by Crippen LogP contribution is 2.25. The highest BCUT2D eigenvalue weighted by atomic mass is 16.4. The Morgan fingerprint density at radius 1 is 0.960 bits per heavy atom. The highest BCUT2D eigenvalue weighted by Gasteiger charge is 2.12. The number of hydrogen-bond donors (Lipinski definition) is 2. The van der Waals surface area contributed by atoms with Crippen molar-refractivity contribution in [2.75, 3.05) is 0 Å². The van der Waals surface area contributed by atoms with E-state index in [9.17, 15) is 4.79 Å². The van der Waals surface area contributed by atoms with Crippen molar-refractivity contribution in [1.82, 2.24) is 4.98 Å². The molecule has 0 aliphatic carbocycles. The quantitative estimate of drug-likeness (QED) is 0.432. The summed E-state index contributed by atoms with van der Waals surface area (Å²) in [6.07, 6.45) is 14.1. The lowest BCUT2D eigenvalue weighted by Gasteiger charge is -2.04. The van der Waals surface area contributed by atoms with Crippen molar-refractivity contribution in [3.63, 3.8) is 0 Å². The Hall–Kier alpha value is -1.77. The van der Waals surface area contributed by atoms with Crippen molar-refractivity contribution in [1.29, 1.82) is 0 Å². The van der Waals surface area contributed by atoms with E-state index in [0.29, 0.717) is 5.56 Å². The molecule has 0 atom stereocenters. The van der Waals surface area contributed by atoms with Crippen LogP contribution >= 0.6 is 0 Å². The monoisotopic (exact) mass is 343 g/mol. The molecule has 3 nitrogen and oxygen atoms in total. The predicted octanol–water partition coefficient (Wildman–Crippen LogP) is 6.50. The average Bonchev–Trinajstić information content (AvgIpc) is 2.96. The third-order valence-electron chi connectivity index (χ3n) is 5.13. The van der Waals surface area contributed by atoms with Gasteiger partial charge in [-0.3, -0.25) is 0 Å². The van der Waals surface area contributed by atoms with Crippen LogP contribution in [0, 0.1) is 0 Å². The minimum Gasteiger partial charge on any atom is -0.478 e. The van der Waals surface area contributed by atoms with Gasteiger partial charge >= 0.3 is 5.97 Å². The van der Waals surface area contributed by atoms with Crippen molar-refractivity contribution in [2.24, 2.45) is 0 Å². The third kappa shape index (κ3) is 5.62. The van der Waals surface area contributed by atoms with Gasteiger partial charge in [-0.15, -0.1) is 0 Å². The zero-order valence-corrected chi connectivity index (χ0v) is 15.9. The van der Waals surface area contributed by atoms with Gasteiger partial charge in [0.1, 0.15) is 0 Å². The molecular weight excluding hydrogens is 310 g/mol. The summed E-state index contributed by atoms with van der Waals surface area (Å²) in [5.41, 5.74) is 3.96. The summed E-state index contributed by atoms with van der Waals surface area (Å²) in [6, 6.07) is 5.42. The van der Waals surface area contributed by atoms with Gasteiger partial charge in [-0.2, -0.15) is 0 Å². The van der Waals surface area contributed by atoms with Gasteiger partial charge in [0.2, 0.25) is 0 Å². The molecule has 1 heterocycles. The minimum absolute atomic E-state index is 0.353. The van der Waals surface area contributed by atoms with Crippen molar-refractivity contribution in [2.45, 2.75) is 84.5 Å². The normalized spacial score (nSPS) is 11.3. The van der Waals surface area contributed by atoms with Gasteiger partial charge in [-0.1, -0.05) is 71.3 Å². The smallest absolute Gasteiger partial charge is 0.335 e. The van der Waals surface area contributed by atoms with E-state index in [1.165, 1.54) is 74.4 Å². The Labute approximate surface area is 151 Å². The van der Waals surface area contributed by atoms with Gasteiger partial charge in [-0.25, -0.2) is 4.79 Å². The first-order valence-corrected chi connectivity index (χ1v) is 10.0. The molecule has 2 rings (SSSR count). The van der Waals surface area contributed by atoms with E-state index in [4.69, 9.17) is 5.11 Å². The molecule has 2 aromatic rings. The third-order valence-corrected chi connectivity index (χ3v) is 5.13. The number of aromatic amines is 1. The second kappa shape index (κ2) is 10.3. The fraction of sp³-hybridized carbons (Fsp3) is 0.591. The molecular formula is C22H33NO2. The van der Waals surface area contributed by atoms with Gasteiger partial charge in [0.25, 0.3) is 0 Å². The van der Waals surface area contributed by atoms with Gasteiger partial charge in [0.15, 0.2) is 0 Å². The Balaban J connectivity index is 1.83. The van der Waals surface area contributed by atoms with Crippen LogP contribution in [0.3, 0.4) is 0 Å². The van der Waals surface area contributed by atoms with Crippen molar-refractivity contribution in [3.8, 4) is 0 Å². The summed E-state index contributed by atoms with van der Waals surface area (Å²) in [7, 11) is 0. The summed E-state index contributed by atoms with van der Waals surface area (Å²) < 4.78 is 0. The van der Waals surface area contributed by atoms with Crippen LogP contribution in [0.15, 0.2) is 18.2 Å². The molecule has 0 bridgehead atoms. The lowest BCUT2D eigenvalue weighted by atomic mass is 10.0. The van der Waals surface area contributed by atoms with E-state index < -0.39 is 5.97 Å². The Kier molecular flexibility index (Phi) is 8.03. The minimum atomic E-state index is -0.866. The Morgan fingerprint density at radius 2 is 1.60 bits per heavy atom. The van der Waals surface area contributed by atoms with Crippen molar-refractivity contribution in [3.05, 3.63) is 35.0 Å². The van der Waals surface area contributed by atoms with E-state index in [1.807, 2.05) is 6.07 Å². The van der Waals surface area contributed by atoms with Crippen LogP contribution in [0.1, 0.15) is 93.3 Å². The molecule has 2 N–H and O–H groups in total. The molecule has 0 unspecified atom stereocenters. The number of carboxylic acids is 1. The molecule has 0 fully saturated rings. The van der Waals surface area contributed by atoms with Crippen LogP contribution in [0.5, 0.6) is 0 Å². The Morgan fingerprint density at radius 3 is 2.20 bits per heavy atom. The molecule has 0 aliphatic heterocycles. The van der Waals surface area contributed by atoms with E-state index >= 15 is 0 Å². The average molecular weight is 344 g/mol. The summed E-state index contributed by atoms with van der Waals surface area (Å²) in [6.45, 7) is 4.44. The SMILES string of the molecule is CCCCCCCCCCCc1[nH]c2cc(C(=O)O)ccc2c1CC. The molecule has 0 radical (unpaired) electrons. The predicted molar refractivity (Wildman–Crippen MR) is 106 cm³/mol. The van der Waals surface area contributed by atoms with E-state index in [2.05, 4.69) is 18.8 Å². The molecule has 3 heteroatoms. The standard InChI is InChI=1S/C22H33NO2/c1-3-5-6-7-8-9-10-11-12-13-20-18(4-2)19-15-14-17(22(24)25)16-21(19)23-20/h14-16,23H,3-13H2,1-2H3,(H,24,25). The van der Waals surface area contributed by atoms with Crippen LogP contribution in [0.25, 0.3) is 10.9 Å². The fourth-order valence-corrected chi connectivity index (χ4v) is 3.67. The van der Waals surface area contributed by atoms with Gasteiger partial charge in [0.05, 0.1) is 5.56 Å². The summed E-state index contributed by atoms with van der Waals surface area (Å²) in [5.74, 6) is -0.866. The number of hydrogen-bond acceptors (Lipinski definition) is 1. The number of aromatic nitrogens is 1. The molecule has 1 aromatic carbocycles. The molecule has 0 spiro atoms. The molecule has 0 saturated heterocycles. The van der Waals surface area contributed by atoms with Crippen molar-refractivity contribution < 1.29 is 9.90 Å². The first-order chi connectivity index (χ1) is 12.2. The lowest BCUT2D eigenvalue weighted by Crippen LogP contribution is -1.94. The summed E-state index contributed by atoms with van der Waals surface area (Å²) in [4.78, 5) is 14.6. The van der Waals surface area contributed by atoms with E-state index in [0.717, 1.165) is 18.4 Å². The van der Waals surface area contributed by atoms with Crippen LogP contribution in [-0.2, 0) is 12.8 Å². The molecule has 25 heavy (non-hydrogen) atoms. The summed E-state index contributed by atoms with van der Waals surface area (Å²) in [5, 5.41) is 10.3. The highest BCUT2D eigenvalue weighted by molar-refractivity contribution is 5.94. The molecule has 0 aliphatic rings. The zero-order valence-electron chi connectivity index (χ0n) is 15.9. The van der Waals surface area contributed by atoms with E-state index in [-0.39, 0.29) is 0 Å². The number of rotatable bonds is 12. The number of aryl methyl sites for hydroxylation is 2. The number of benzene rings is 1. The van der Waals surface area contributed by atoms with Crippen LogP contribution in [0.2, 0.25) is 0 Å². The number of unbranched alkanes of at least 4 members (excludes halogenated alkanes) is 8. The number of fused-ring (bicyclic) bond motifs is 1. The number of carboxylic acid groups (broad SMARTS) is 1. The zero-order chi connectivity index (χ0) is 18.1. The van der Waals surface area contributed by atoms with Crippen LogP contribution in [-0.4, -0.2) is 16.1 Å². The molecule has 0 saturated carbocycles. The maximum Gasteiger partial charge on any atom is 0.335 e. The van der Waals surface area contributed by atoms with Crippen LogP contribution in [0.4, 0.5) is 0 Å². The first-order valence-electron chi connectivity index (χ1n) is 10.0. The number of H-pyrrole nitrogens is 1. The first kappa shape index (κ1) is 19.6. The van der Waals surface area contributed by atoms with Crippen molar-refractivity contribution >= 4 is 16.9 Å².